The second kappa shape index (κ2) is 13.3. The number of aromatic nitrogens is 3. The second-order valence-corrected chi connectivity index (χ2v) is 15.0. The van der Waals surface area contributed by atoms with Crippen molar-refractivity contribution < 1.29 is 4.42 Å². The first-order valence-corrected chi connectivity index (χ1v) is 19.5. The highest BCUT2D eigenvalue weighted by atomic mass is 32.1. The molecule has 0 aliphatic heterocycles. The van der Waals surface area contributed by atoms with Crippen LogP contribution in [0.4, 0.5) is 0 Å². The number of fused-ring (bicyclic) bond motifs is 6. The normalized spacial score (nSPS) is 11.6. The lowest BCUT2D eigenvalue weighted by Crippen LogP contribution is -2.00. The van der Waals surface area contributed by atoms with Gasteiger partial charge in [-0.3, -0.25) is 0 Å². The average Bonchev–Trinajstić information content (AvgIpc) is 3.86. The first-order chi connectivity index (χ1) is 27.7. The smallest absolute Gasteiger partial charge is 0.165 e. The summed E-state index contributed by atoms with van der Waals surface area (Å²) in [5, 5.41) is 4.61. The molecule has 262 valence electrons. The molecule has 0 aliphatic carbocycles. The highest BCUT2D eigenvalue weighted by Crippen LogP contribution is 2.47. The minimum Gasteiger partial charge on any atom is -0.456 e. The maximum absolute atomic E-state index is 6.53. The van der Waals surface area contributed by atoms with Crippen LogP contribution in [0.25, 0.3) is 110 Å². The van der Waals surface area contributed by atoms with E-state index in [9.17, 15) is 0 Å². The quantitative estimate of drug-likeness (QED) is 0.171. The molecule has 11 rings (SSSR count). The van der Waals surface area contributed by atoms with Gasteiger partial charge in [0, 0.05) is 53.2 Å². The molecule has 0 aliphatic rings. The molecule has 56 heavy (non-hydrogen) atoms. The van der Waals surface area contributed by atoms with Gasteiger partial charge in [0.05, 0.1) is 0 Å². The van der Waals surface area contributed by atoms with Crippen molar-refractivity contribution >= 4 is 53.4 Å². The third-order valence-corrected chi connectivity index (χ3v) is 11.8. The van der Waals surface area contributed by atoms with Crippen molar-refractivity contribution in [1.82, 2.24) is 15.0 Å². The number of benzene rings is 8. The molecule has 0 amide bonds. The highest BCUT2D eigenvalue weighted by molar-refractivity contribution is 7.26. The lowest BCUT2D eigenvalue weighted by molar-refractivity contribution is 0.669. The van der Waals surface area contributed by atoms with Crippen LogP contribution in [0.1, 0.15) is 0 Å². The van der Waals surface area contributed by atoms with Gasteiger partial charge in [-0.05, 0) is 52.1 Å². The molecule has 0 spiro atoms. The Morgan fingerprint density at radius 1 is 0.321 bits per heavy atom. The van der Waals surface area contributed by atoms with E-state index in [1.54, 1.807) is 11.3 Å². The van der Waals surface area contributed by atoms with E-state index in [1.165, 1.54) is 26.6 Å². The monoisotopic (exact) mass is 733 g/mol. The molecule has 0 saturated heterocycles. The van der Waals surface area contributed by atoms with Crippen LogP contribution in [-0.2, 0) is 0 Å². The number of hydrogen-bond donors (Lipinski definition) is 0. The SMILES string of the molecule is c1ccc(-c2ccc(-c3nc(-c4ccccc4)nc(-c4cccc5c4sc4c(-c6cc(-c7ccccc7)cc7oc8ccccc8c67)cccc45)n3)cc2)cc1. The van der Waals surface area contributed by atoms with Crippen molar-refractivity contribution in [2.24, 2.45) is 0 Å². The Hall–Kier alpha value is -7.21. The predicted octanol–water partition coefficient (Wildman–Crippen LogP) is 14.1. The molecule has 3 heterocycles. The fourth-order valence-corrected chi connectivity index (χ4v) is 9.19. The van der Waals surface area contributed by atoms with Crippen molar-refractivity contribution in [3.63, 3.8) is 0 Å². The maximum Gasteiger partial charge on any atom is 0.165 e. The van der Waals surface area contributed by atoms with Crippen molar-refractivity contribution in [1.29, 1.82) is 0 Å². The summed E-state index contributed by atoms with van der Waals surface area (Å²) in [5.41, 5.74) is 11.5. The second-order valence-electron chi connectivity index (χ2n) is 13.9. The Labute approximate surface area is 327 Å². The summed E-state index contributed by atoms with van der Waals surface area (Å²) in [6.07, 6.45) is 0. The lowest BCUT2D eigenvalue weighted by atomic mass is 9.93. The van der Waals surface area contributed by atoms with Gasteiger partial charge in [-0.1, -0.05) is 164 Å². The van der Waals surface area contributed by atoms with Crippen molar-refractivity contribution in [3.05, 3.63) is 188 Å². The number of rotatable bonds is 6. The average molecular weight is 734 g/mol. The highest BCUT2D eigenvalue weighted by Gasteiger charge is 2.21. The van der Waals surface area contributed by atoms with Crippen LogP contribution in [0.15, 0.2) is 192 Å². The standard InChI is InChI=1S/C51H31N3OS/c1-4-14-32(15-5-1)34-26-28-36(29-27-34)50-52-49(35-18-8-3-9-19-35)53-51(54-50)42-24-13-22-39-38-21-12-23-40(47(38)56-48(39)42)43-30-37(33-16-6-2-7-17-33)31-45-46(43)41-20-10-11-25-44(41)55-45/h1-31H. The van der Waals surface area contributed by atoms with Gasteiger partial charge < -0.3 is 4.42 Å². The molecule has 0 saturated carbocycles. The van der Waals surface area contributed by atoms with Gasteiger partial charge in [-0.2, -0.15) is 0 Å². The van der Waals surface area contributed by atoms with Crippen LogP contribution in [0, 0.1) is 0 Å². The molecule has 3 aromatic heterocycles. The number of furan rings is 1. The van der Waals surface area contributed by atoms with E-state index in [2.05, 4.69) is 158 Å². The fraction of sp³-hybridized carbons (Fsp3) is 0. The van der Waals surface area contributed by atoms with E-state index < -0.39 is 0 Å². The zero-order valence-electron chi connectivity index (χ0n) is 30.1. The lowest BCUT2D eigenvalue weighted by Gasteiger charge is -2.10. The Balaban J connectivity index is 1.12. The molecule has 0 radical (unpaired) electrons. The van der Waals surface area contributed by atoms with Crippen molar-refractivity contribution in [3.8, 4) is 67.5 Å². The van der Waals surface area contributed by atoms with Crippen LogP contribution in [0.3, 0.4) is 0 Å². The Morgan fingerprint density at radius 3 is 1.48 bits per heavy atom. The summed E-state index contributed by atoms with van der Waals surface area (Å²) in [4.78, 5) is 15.4. The summed E-state index contributed by atoms with van der Waals surface area (Å²) in [6, 6.07) is 65.6. The van der Waals surface area contributed by atoms with Gasteiger partial charge in [0.15, 0.2) is 17.5 Å². The zero-order valence-corrected chi connectivity index (χ0v) is 30.9. The number of hydrogen-bond acceptors (Lipinski definition) is 5. The summed E-state index contributed by atoms with van der Waals surface area (Å²) in [6.45, 7) is 0. The molecule has 4 nitrogen and oxygen atoms in total. The van der Waals surface area contributed by atoms with E-state index in [0.29, 0.717) is 17.5 Å². The fourth-order valence-electron chi connectivity index (χ4n) is 7.86. The minimum absolute atomic E-state index is 0.638. The van der Waals surface area contributed by atoms with Gasteiger partial charge in [0.25, 0.3) is 0 Å². The molecule has 0 unspecified atom stereocenters. The summed E-state index contributed by atoms with van der Waals surface area (Å²) >= 11 is 1.79. The number of para-hydroxylation sites is 1. The van der Waals surface area contributed by atoms with Gasteiger partial charge >= 0.3 is 0 Å². The van der Waals surface area contributed by atoms with Crippen molar-refractivity contribution in [2.45, 2.75) is 0 Å². The van der Waals surface area contributed by atoms with E-state index in [-0.39, 0.29) is 0 Å². The molecule has 11 aromatic rings. The van der Waals surface area contributed by atoms with Gasteiger partial charge in [-0.25, -0.2) is 15.0 Å². The molecule has 5 heteroatoms. The topological polar surface area (TPSA) is 51.8 Å². The van der Waals surface area contributed by atoms with E-state index in [4.69, 9.17) is 19.4 Å². The van der Waals surface area contributed by atoms with Crippen molar-refractivity contribution in [2.75, 3.05) is 0 Å². The molecule has 0 N–H and O–H groups in total. The van der Waals surface area contributed by atoms with Gasteiger partial charge in [-0.15, -0.1) is 11.3 Å². The molecule has 0 bridgehead atoms. The Kier molecular flexibility index (Phi) is 7.64. The van der Waals surface area contributed by atoms with Crippen LogP contribution in [0.2, 0.25) is 0 Å². The van der Waals surface area contributed by atoms with Gasteiger partial charge in [0.2, 0.25) is 0 Å². The van der Waals surface area contributed by atoms with E-state index in [1.807, 2.05) is 30.3 Å². The first-order valence-electron chi connectivity index (χ1n) is 18.7. The van der Waals surface area contributed by atoms with Crippen LogP contribution < -0.4 is 0 Å². The van der Waals surface area contributed by atoms with E-state index >= 15 is 0 Å². The molecule has 0 fully saturated rings. The molecular formula is C51H31N3OS. The summed E-state index contributed by atoms with van der Waals surface area (Å²) in [7, 11) is 0. The third-order valence-electron chi connectivity index (χ3n) is 10.6. The van der Waals surface area contributed by atoms with Crippen LogP contribution in [0.5, 0.6) is 0 Å². The predicted molar refractivity (Wildman–Crippen MR) is 233 cm³/mol. The summed E-state index contributed by atoms with van der Waals surface area (Å²) < 4.78 is 8.88. The third kappa shape index (κ3) is 5.48. The van der Waals surface area contributed by atoms with E-state index in [0.717, 1.165) is 65.6 Å². The largest absolute Gasteiger partial charge is 0.456 e. The first kappa shape index (κ1) is 32.2. The van der Waals surface area contributed by atoms with Gasteiger partial charge in [0.1, 0.15) is 11.2 Å². The summed E-state index contributed by atoms with van der Waals surface area (Å²) in [5.74, 6) is 1.93. The maximum atomic E-state index is 6.53. The molecule has 8 aromatic carbocycles. The molecular weight excluding hydrogens is 703 g/mol. The Morgan fingerprint density at radius 2 is 0.804 bits per heavy atom. The minimum atomic E-state index is 0.638. The Bertz CT molecular complexity index is 3230. The van der Waals surface area contributed by atoms with Crippen LogP contribution >= 0.6 is 11.3 Å². The number of thiophene rings is 1. The number of nitrogens with zero attached hydrogens (tertiary/aromatic N) is 3. The zero-order chi connectivity index (χ0) is 37.0. The molecule has 0 atom stereocenters. The van der Waals surface area contributed by atoms with Crippen LogP contribution in [-0.4, -0.2) is 15.0 Å².